The zero-order valence-corrected chi connectivity index (χ0v) is 9.17. The highest BCUT2D eigenvalue weighted by Crippen LogP contribution is 2.18. The molecule has 0 aromatic heterocycles. The minimum Gasteiger partial charge on any atom is -0.315 e. The van der Waals surface area contributed by atoms with E-state index >= 15 is 0 Å². The second-order valence-corrected chi connectivity index (χ2v) is 5.27. The van der Waals surface area contributed by atoms with E-state index in [-0.39, 0.29) is 0 Å². The normalized spacial score (nSPS) is 30.0. The predicted molar refractivity (Wildman–Crippen MR) is 52.8 cm³/mol. The van der Waals surface area contributed by atoms with Crippen molar-refractivity contribution in [2.45, 2.75) is 26.8 Å². The van der Waals surface area contributed by atoms with Crippen molar-refractivity contribution in [3.05, 3.63) is 0 Å². The fraction of sp³-hybridized carbons (Fsp3) is 1.00. The third-order valence-electron chi connectivity index (χ3n) is 2.55. The molecule has 1 atom stereocenters. The van der Waals surface area contributed by atoms with Crippen molar-refractivity contribution in [2.24, 2.45) is 5.92 Å². The maximum atomic E-state index is 2.60. The van der Waals surface area contributed by atoms with Gasteiger partial charge in [-0.2, -0.15) is 0 Å². The summed E-state index contributed by atoms with van der Waals surface area (Å²) >= 11 is 0. The first-order valence-corrected chi connectivity index (χ1v) is 4.97. The van der Waals surface area contributed by atoms with Crippen molar-refractivity contribution in [1.82, 2.24) is 4.90 Å². The summed E-state index contributed by atoms with van der Waals surface area (Å²) in [6.07, 6.45) is 0. The molecule has 0 radical (unpaired) electrons. The molecule has 1 saturated heterocycles. The van der Waals surface area contributed by atoms with Crippen LogP contribution in [-0.2, 0) is 0 Å². The van der Waals surface area contributed by atoms with E-state index in [4.69, 9.17) is 0 Å². The fourth-order valence-electron chi connectivity index (χ4n) is 2.23. The Morgan fingerprint density at radius 3 is 2.33 bits per heavy atom. The van der Waals surface area contributed by atoms with Crippen molar-refractivity contribution in [3.8, 4) is 0 Å². The van der Waals surface area contributed by atoms with Gasteiger partial charge in [0, 0.05) is 6.54 Å². The van der Waals surface area contributed by atoms with Crippen LogP contribution in [0.5, 0.6) is 0 Å². The third kappa shape index (κ3) is 2.46. The van der Waals surface area contributed by atoms with Gasteiger partial charge in [0.1, 0.15) is 6.67 Å². The Kier molecular flexibility index (Phi) is 2.79. The van der Waals surface area contributed by atoms with E-state index in [1.54, 1.807) is 0 Å². The Morgan fingerprint density at radius 1 is 1.42 bits per heavy atom. The molecule has 1 rings (SSSR count). The number of hydrogen-bond donors (Lipinski definition) is 0. The third-order valence-corrected chi connectivity index (χ3v) is 2.55. The van der Waals surface area contributed by atoms with Crippen LogP contribution >= 0.6 is 0 Å². The molecular formula is C10H23N2+. The minimum atomic E-state index is 0.766. The van der Waals surface area contributed by atoms with Crippen LogP contribution in [0.3, 0.4) is 0 Å². The maximum absolute atomic E-state index is 2.60. The van der Waals surface area contributed by atoms with E-state index in [0.717, 1.165) is 16.4 Å². The second-order valence-electron chi connectivity index (χ2n) is 5.27. The molecule has 1 aliphatic rings. The number of rotatable bonds is 2. The monoisotopic (exact) mass is 171 g/mol. The van der Waals surface area contributed by atoms with Crippen LogP contribution in [0, 0.1) is 5.92 Å². The summed E-state index contributed by atoms with van der Waals surface area (Å²) < 4.78 is 1.16. The first kappa shape index (κ1) is 10.0. The largest absolute Gasteiger partial charge is 0.315 e. The highest BCUT2D eigenvalue weighted by molar-refractivity contribution is 4.70. The van der Waals surface area contributed by atoms with Gasteiger partial charge in [-0.05, 0) is 12.8 Å². The molecule has 0 N–H and O–H groups in total. The molecule has 0 saturated carbocycles. The smallest absolute Gasteiger partial charge is 0.135 e. The van der Waals surface area contributed by atoms with Crippen LogP contribution in [0.25, 0.3) is 0 Å². The minimum absolute atomic E-state index is 0.766. The Balaban J connectivity index is 2.47. The summed E-state index contributed by atoms with van der Waals surface area (Å²) in [7, 11) is 4.63. The SMILES string of the molecule is CC(C)CN1C[N+](C)(C)CC1C. The lowest BCUT2D eigenvalue weighted by Crippen LogP contribution is -2.39. The molecule has 2 nitrogen and oxygen atoms in total. The van der Waals surface area contributed by atoms with Gasteiger partial charge < -0.3 is 4.48 Å². The lowest BCUT2D eigenvalue weighted by atomic mass is 10.2. The topological polar surface area (TPSA) is 3.24 Å². The van der Waals surface area contributed by atoms with Crippen LogP contribution in [-0.4, -0.2) is 49.3 Å². The summed E-state index contributed by atoms with van der Waals surface area (Å²) in [5.74, 6) is 0.797. The first-order chi connectivity index (χ1) is 5.41. The number of hydrogen-bond acceptors (Lipinski definition) is 1. The molecular weight excluding hydrogens is 148 g/mol. The lowest BCUT2D eigenvalue weighted by Gasteiger charge is -2.24. The van der Waals surface area contributed by atoms with Crippen LogP contribution in [0.2, 0.25) is 0 Å². The molecule has 0 amide bonds. The van der Waals surface area contributed by atoms with E-state index in [1.807, 2.05) is 0 Å². The lowest BCUT2D eigenvalue weighted by molar-refractivity contribution is -0.883. The summed E-state index contributed by atoms with van der Waals surface area (Å²) in [6, 6.07) is 0.766. The molecule has 2 heteroatoms. The average molecular weight is 171 g/mol. The molecule has 0 aromatic carbocycles. The molecule has 1 heterocycles. The Morgan fingerprint density at radius 2 is 2.00 bits per heavy atom. The van der Waals surface area contributed by atoms with E-state index in [2.05, 4.69) is 39.8 Å². The van der Waals surface area contributed by atoms with Crippen molar-refractivity contribution in [1.29, 1.82) is 0 Å². The van der Waals surface area contributed by atoms with Gasteiger partial charge in [0.25, 0.3) is 0 Å². The molecule has 0 bridgehead atoms. The highest BCUT2D eigenvalue weighted by atomic mass is 15.5. The van der Waals surface area contributed by atoms with Crippen molar-refractivity contribution < 1.29 is 4.48 Å². The molecule has 1 aliphatic heterocycles. The van der Waals surface area contributed by atoms with Gasteiger partial charge in [0.15, 0.2) is 0 Å². The Bertz CT molecular complexity index is 152. The highest BCUT2D eigenvalue weighted by Gasteiger charge is 2.34. The fourth-order valence-corrected chi connectivity index (χ4v) is 2.23. The molecule has 0 aromatic rings. The second kappa shape index (κ2) is 3.35. The van der Waals surface area contributed by atoms with E-state index < -0.39 is 0 Å². The molecule has 12 heavy (non-hydrogen) atoms. The zero-order chi connectivity index (χ0) is 9.35. The van der Waals surface area contributed by atoms with Gasteiger partial charge >= 0.3 is 0 Å². The average Bonchev–Trinajstić information content (AvgIpc) is 2.03. The maximum Gasteiger partial charge on any atom is 0.135 e. The molecule has 0 spiro atoms. The van der Waals surface area contributed by atoms with Crippen LogP contribution in [0.4, 0.5) is 0 Å². The van der Waals surface area contributed by atoms with Crippen molar-refractivity contribution in [2.75, 3.05) is 33.9 Å². The molecule has 0 aliphatic carbocycles. The number of likely N-dealkylation sites (N-methyl/N-ethyl adjacent to an activating group) is 1. The Hall–Kier alpha value is -0.0800. The van der Waals surface area contributed by atoms with Gasteiger partial charge in [-0.25, -0.2) is 4.90 Å². The summed E-state index contributed by atoms with van der Waals surface area (Å²) in [6.45, 7) is 10.7. The van der Waals surface area contributed by atoms with E-state index in [0.29, 0.717) is 0 Å². The van der Waals surface area contributed by atoms with Gasteiger partial charge in [-0.15, -0.1) is 0 Å². The molecule has 72 valence electrons. The van der Waals surface area contributed by atoms with Crippen LogP contribution in [0.1, 0.15) is 20.8 Å². The number of quaternary nitrogens is 1. The summed E-state index contributed by atoms with van der Waals surface area (Å²) in [4.78, 5) is 2.60. The van der Waals surface area contributed by atoms with Gasteiger partial charge in [-0.1, -0.05) is 13.8 Å². The summed E-state index contributed by atoms with van der Waals surface area (Å²) in [5.41, 5.74) is 0. The molecule has 1 fully saturated rings. The van der Waals surface area contributed by atoms with Gasteiger partial charge in [0.05, 0.1) is 26.7 Å². The summed E-state index contributed by atoms with van der Waals surface area (Å²) in [5, 5.41) is 0. The van der Waals surface area contributed by atoms with Crippen molar-refractivity contribution in [3.63, 3.8) is 0 Å². The van der Waals surface area contributed by atoms with E-state index in [9.17, 15) is 0 Å². The van der Waals surface area contributed by atoms with E-state index in [1.165, 1.54) is 19.8 Å². The van der Waals surface area contributed by atoms with Crippen LogP contribution in [0.15, 0.2) is 0 Å². The Labute approximate surface area is 76.7 Å². The number of nitrogens with zero attached hydrogens (tertiary/aromatic N) is 2. The zero-order valence-electron chi connectivity index (χ0n) is 9.17. The first-order valence-electron chi connectivity index (χ1n) is 4.97. The standard InChI is InChI=1S/C10H23N2/c1-9(2)6-11-8-12(4,5)7-10(11)3/h9-10H,6-8H2,1-5H3/q+1. The molecule has 1 unspecified atom stereocenters. The predicted octanol–water partition coefficient (Wildman–Crippen LogP) is 1.38. The van der Waals surface area contributed by atoms with Gasteiger partial charge in [-0.3, -0.25) is 0 Å². The van der Waals surface area contributed by atoms with Crippen LogP contribution < -0.4 is 0 Å². The quantitative estimate of drug-likeness (QED) is 0.567. The van der Waals surface area contributed by atoms with Crippen molar-refractivity contribution >= 4 is 0 Å². The van der Waals surface area contributed by atoms with Gasteiger partial charge in [0.2, 0.25) is 0 Å².